The first-order chi connectivity index (χ1) is 23.2. The number of nitrogens with two attached hydrogens (primary N) is 1. The number of hydrogen-bond donors (Lipinski definition) is 2. The van der Waals surface area contributed by atoms with Gasteiger partial charge < -0.3 is 15.5 Å². The molecule has 0 aliphatic carbocycles. The van der Waals surface area contributed by atoms with Gasteiger partial charge in [-0.25, -0.2) is 9.98 Å². The molecule has 5 heteroatoms. The molecule has 9 rings (SSSR count). The summed E-state index contributed by atoms with van der Waals surface area (Å²) in [6, 6.07) is 44.8. The summed E-state index contributed by atoms with van der Waals surface area (Å²) in [5.41, 5.74) is 10.9. The van der Waals surface area contributed by atoms with Crippen LogP contribution in [0.3, 0.4) is 0 Å². The Morgan fingerprint density at radius 1 is 0.681 bits per heavy atom. The molecule has 0 amide bonds. The molecule has 0 bridgehead atoms. The summed E-state index contributed by atoms with van der Waals surface area (Å²) in [7, 11) is 0. The van der Waals surface area contributed by atoms with Crippen LogP contribution in [-0.4, -0.2) is 11.7 Å². The molecule has 8 aromatic rings. The maximum Gasteiger partial charge on any atom is 0.198 e. The maximum absolute atomic E-state index is 6.37. The van der Waals surface area contributed by atoms with Crippen molar-refractivity contribution in [3.63, 3.8) is 0 Å². The average molecular weight is 607 g/mol. The second-order valence-corrected chi connectivity index (χ2v) is 12.0. The number of amidine groups is 2. The van der Waals surface area contributed by atoms with Gasteiger partial charge in [-0.1, -0.05) is 127 Å². The molecule has 0 radical (unpaired) electrons. The smallest absolute Gasteiger partial charge is 0.198 e. The van der Waals surface area contributed by atoms with Gasteiger partial charge in [0.1, 0.15) is 17.6 Å². The number of allylic oxidation sites excluding steroid dienone is 1. The average Bonchev–Trinajstić information content (AvgIpc) is 3.45. The second kappa shape index (κ2) is 10.7. The number of nitrogens with zero attached hydrogens (tertiary/aromatic N) is 2. The van der Waals surface area contributed by atoms with E-state index < -0.39 is 6.17 Å². The number of fused-ring (bicyclic) bond motifs is 7. The Hall–Kier alpha value is -6.20. The zero-order valence-corrected chi connectivity index (χ0v) is 25.7. The molecule has 1 aliphatic heterocycles. The monoisotopic (exact) mass is 606 g/mol. The lowest BCUT2D eigenvalue weighted by molar-refractivity contribution is 0.636. The lowest BCUT2D eigenvalue weighted by atomic mass is 9.93. The van der Waals surface area contributed by atoms with Gasteiger partial charge in [0.05, 0.1) is 0 Å². The van der Waals surface area contributed by atoms with Gasteiger partial charge in [0, 0.05) is 27.6 Å². The molecule has 47 heavy (non-hydrogen) atoms. The molecule has 0 saturated heterocycles. The van der Waals surface area contributed by atoms with E-state index in [0.29, 0.717) is 17.3 Å². The largest absolute Gasteiger partial charge is 0.440 e. The first kappa shape index (κ1) is 27.1. The summed E-state index contributed by atoms with van der Waals surface area (Å²) in [6.07, 6.45) is 3.56. The van der Waals surface area contributed by atoms with Crippen molar-refractivity contribution in [2.75, 3.05) is 5.73 Å². The Bertz CT molecular complexity index is 2640. The summed E-state index contributed by atoms with van der Waals surface area (Å²) in [5.74, 6) is 1.76. The van der Waals surface area contributed by atoms with E-state index in [9.17, 15) is 0 Å². The van der Waals surface area contributed by atoms with E-state index in [0.717, 1.165) is 44.2 Å². The van der Waals surface area contributed by atoms with Crippen molar-refractivity contribution in [1.82, 2.24) is 5.32 Å². The van der Waals surface area contributed by atoms with Crippen LogP contribution in [0.1, 0.15) is 35.3 Å². The third-order valence-corrected chi connectivity index (χ3v) is 9.22. The van der Waals surface area contributed by atoms with E-state index in [4.69, 9.17) is 20.1 Å². The normalized spacial score (nSPS) is 15.1. The summed E-state index contributed by atoms with van der Waals surface area (Å²) < 4.78 is 6.00. The van der Waals surface area contributed by atoms with Gasteiger partial charge in [0.25, 0.3) is 0 Å². The van der Waals surface area contributed by atoms with Crippen LogP contribution in [0.15, 0.2) is 148 Å². The minimum atomic E-state index is -0.398. The molecule has 0 fully saturated rings. The van der Waals surface area contributed by atoms with Gasteiger partial charge in [-0.3, -0.25) is 0 Å². The van der Waals surface area contributed by atoms with Crippen LogP contribution in [0.2, 0.25) is 0 Å². The number of hydrogen-bond acceptors (Lipinski definition) is 5. The van der Waals surface area contributed by atoms with Crippen LogP contribution in [0.5, 0.6) is 0 Å². The highest BCUT2D eigenvalue weighted by molar-refractivity contribution is 6.22. The van der Waals surface area contributed by atoms with E-state index in [1.54, 1.807) is 0 Å². The maximum atomic E-state index is 6.37. The van der Waals surface area contributed by atoms with Crippen LogP contribution in [0.25, 0.3) is 60.1 Å². The minimum Gasteiger partial charge on any atom is -0.440 e. The summed E-state index contributed by atoms with van der Waals surface area (Å²) in [4.78, 5) is 10.5. The molecule has 0 saturated carbocycles. The van der Waals surface area contributed by atoms with Gasteiger partial charge in [-0.15, -0.1) is 0 Å². The van der Waals surface area contributed by atoms with Gasteiger partial charge >= 0.3 is 0 Å². The van der Waals surface area contributed by atoms with Crippen molar-refractivity contribution >= 4 is 77.7 Å². The minimum absolute atomic E-state index is 0.378. The SMILES string of the molecule is C/C=C\c1c(N)oc2cccc(C3=NC(c4cccc5c4ccc4ccc6ccccc6c45)NC(c4ccc5ccccc5c4)=N3)c12. The Morgan fingerprint density at radius 2 is 1.43 bits per heavy atom. The predicted molar refractivity (Wildman–Crippen MR) is 197 cm³/mol. The number of nitrogen functional groups attached to an aromatic ring is 1. The fourth-order valence-corrected chi connectivity index (χ4v) is 7.05. The molecule has 1 unspecified atom stereocenters. The predicted octanol–water partition coefficient (Wildman–Crippen LogP) is 10.2. The van der Waals surface area contributed by atoms with Gasteiger partial charge in [-0.2, -0.15) is 0 Å². The van der Waals surface area contributed by atoms with Crippen molar-refractivity contribution in [2.45, 2.75) is 13.1 Å². The molecular weight excluding hydrogens is 576 g/mol. The summed E-state index contributed by atoms with van der Waals surface area (Å²) in [6.45, 7) is 1.97. The molecule has 224 valence electrons. The van der Waals surface area contributed by atoms with Crippen LogP contribution in [0.4, 0.5) is 5.88 Å². The number of furan rings is 1. The van der Waals surface area contributed by atoms with Gasteiger partial charge in [0.2, 0.25) is 0 Å². The fraction of sp³-hybridized carbons (Fsp3) is 0.0476. The van der Waals surface area contributed by atoms with Crippen LogP contribution in [0, 0.1) is 0 Å². The van der Waals surface area contributed by atoms with Gasteiger partial charge in [-0.05, 0) is 62.1 Å². The van der Waals surface area contributed by atoms with Crippen molar-refractivity contribution < 1.29 is 4.42 Å². The highest BCUT2D eigenvalue weighted by Crippen LogP contribution is 2.38. The molecule has 5 nitrogen and oxygen atoms in total. The molecule has 1 aliphatic rings. The quantitative estimate of drug-likeness (QED) is 0.196. The topological polar surface area (TPSA) is 75.9 Å². The van der Waals surface area contributed by atoms with Gasteiger partial charge in [0.15, 0.2) is 11.7 Å². The molecule has 1 aromatic heterocycles. The van der Waals surface area contributed by atoms with E-state index in [1.807, 2.05) is 31.2 Å². The van der Waals surface area contributed by atoms with E-state index in [-0.39, 0.29) is 0 Å². The highest BCUT2D eigenvalue weighted by atomic mass is 16.3. The number of anilines is 1. The molecule has 1 atom stereocenters. The van der Waals surface area contributed by atoms with Crippen molar-refractivity contribution in [1.29, 1.82) is 0 Å². The second-order valence-electron chi connectivity index (χ2n) is 12.0. The number of rotatable bonds is 4. The third-order valence-electron chi connectivity index (χ3n) is 9.22. The molecule has 2 heterocycles. The number of benzene rings is 7. The lowest BCUT2D eigenvalue weighted by Gasteiger charge is -2.25. The first-order valence-electron chi connectivity index (χ1n) is 15.9. The van der Waals surface area contributed by atoms with Crippen LogP contribution < -0.4 is 11.1 Å². The molecule has 3 N–H and O–H groups in total. The first-order valence-corrected chi connectivity index (χ1v) is 15.9. The Balaban J connectivity index is 1.29. The molecule has 7 aromatic carbocycles. The molecule has 0 spiro atoms. The third kappa shape index (κ3) is 4.39. The molecular formula is C42H30N4O. The number of nitrogens with one attached hydrogen (secondary N) is 1. The van der Waals surface area contributed by atoms with E-state index >= 15 is 0 Å². The zero-order chi connectivity index (χ0) is 31.5. The lowest BCUT2D eigenvalue weighted by Crippen LogP contribution is -2.33. The van der Waals surface area contributed by atoms with Crippen LogP contribution >= 0.6 is 0 Å². The fourth-order valence-electron chi connectivity index (χ4n) is 7.05. The zero-order valence-electron chi connectivity index (χ0n) is 25.7. The van der Waals surface area contributed by atoms with Crippen LogP contribution in [-0.2, 0) is 0 Å². The van der Waals surface area contributed by atoms with E-state index in [1.165, 1.54) is 32.3 Å². The van der Waals surface area contributed by atoms with Crippen molar-refractivity contribution in [3.05, 3.63) is 156 Å². The van der Waals surface area contributed by atoms with E-state index in [2.05, 4.69) is 121 Å². The summed E-state index contributed by atoms with van der Waals surface area (Å²) in [5, 5.41) is 14.2. The highest BCUT2D eigenvalue weighted by Gasteiger charge is 2.25. The standard InChI is InChI=1S/C42H30N4O/c1-2-9-34-38-35(16-8-17-36(38)47-39(34)43)42-45-40(29-21-18-25-10-3-4-12-28(25)24-29)44-41(46-42)33-15-7-14-32-31(33)23-22-27-20-19-26-11-5-6-13-30(26)37(27)32/h2-24,41H,43H2,1H3,(H,44,45,46)/b9-2-. The summed E-state index contributed by atoms with van der Waals surface area (Å²) >= 11 is 0. The Morgan fingerprint density at radius 3 is 2.32 bits per heavy atom. The van der Waals surface area contributed by atoms with Crippen molar-refractivity contribution in [3.8, 4) is 0 Å². The van der Waals surface area contributed by atoms with Crippen molar-refractivity contribution in [2.24, 2.45) is 9.98 Å². The Labute approximate surface area is 271 Å². The Kier molecular flexibility index (Phi) is 6.18. The number of aliphatic imine (C=N–C) groups is 2.